The van der Waals surface area contributed by atoms with Crippen LogP contribution in [0.25, 0.3) is 0 Å². The van der Waals surface area contributed by atoms with E-state index in [1.54, 1.807) is 0 Å². The Kier molecular flexibility index (Phi) is 2.12. The molecule has 0 amide bonds. The lowest BCUT2D eigenvalue weighted by molar-refractivity contribution is 0.264. The Labute approximate surface area is 73.7 Å². The first-order chi connectivity index (χ1) is 5.67. The van der Waals surface area contributed by atoms with E-state index in [4.69, 9.17) is 0 Å². The van der Waals surface area contributed by atoms with E-state index in [-0.39, 0.29) is 0 Å². The standard InChI is InChI=1S/C8H15NO2S/c10-12(11)6-3-8(7-12)9-4-1-2-5-9/h8H,1-7H2. The summed E-state index contributed by atoms with van der Waals surface area (Å²) < 4.78 is 22.3. The van der Waals surface area contributed by atoms with Gasteiger partial charge < -0.3 is 0 Å². The van der Waals surface area contributed by atoms with Gasteiger partial charge in [-0.15, -0.1) is 0 Å². The molecule has 1 atom stereocenters. The topological polar surface area (TPSA) is 37.4 Å². The summed E-state index contributed by atoms with van der Waals surface area (Å²) in [4.78, 5) is 2.34. The van der Waals surface area contributed by atoms with E-state index in [9.17, 15) is 8.42 Å². The average molecular weight is 189 g/mol. The first kappa shape index (κ1) is 8.51. The molecule has 2 aliphatic rings. The van der Waals surface area contributed by atoms with Gasteiger partial charge in [0.25, 0.3) is 0 Å². The highest BCUT2D eigenvalue weighted by atomic mass is 32.2. The number of hydrogen-bond acceptors (Lipinski definition) is 3. The minimum atomic E-state index is -2.67. The third-order valence-electron chi connectivity index (χ3n) is 2.87. The molecule has 2 heterocycles. The van der Waals surface area contributed by atoms with Crippen LogP contribution in [0.3, 0.4) is 0 Å². The highest BCUT2D eigenvalue weighted by Crippen LogP contribution is 2.21. The van der Waals surface area contributed by atoms with Crippen molar-refractivity contribution < 1.29 is 8.42 Å². The van der Waals surface area contributed by atoms with Gasteiger partial charge in [-0.25, -0.2) is 8.42 Å². The molecule has 0 aromatic rings. The third-order valence-corrected chi connectivity index (χ3v) is 4.62. The highest BCUT2D eigenvalue weighted by molar-refractivity contribution is 7.91. The molecule has 4 heteroatoms. The normalized spacial score (nSPS) is 35.8. The quantitative estimate of drug-likeness (QED) is 0.594. The minimum absolute atomic E-state index is 0.345. The largest absolute Gasteiger partial charge is 0.299 e. The Morgan fingerprint density at radius 2 is 1.83 bits per heavy atom. The summed E-state index contributed by atoms with van der Waals surface area (Å²) >= 11 is 0. The van der Waals surface area contributed by atoms with E-state index in [0.717, 1.165) is 19.5 Å². The first-order valence-corrected chi connectivity index (χ1v) is 6.44. The van der Waals surface area contributed by atoms with Gasteiger partial charge in [0.05, 0.1) is 11.5 Å². The van der Waals surface area contributed by atoms with Crippen LogP contribution in [0.2, 0.25) is 0 Å². The zero-order valence-corrected chi connectivity index (χ0v) is 8.02. The second-order valence-corrected chi connectivity index (χ2v) is 6.03. The van der Waals surface area contributed by atoms with E-state index >= 15 is 0 Å². The summed E-state index contributed by atoms with van der Waals surface area (Å²) in [5.41, 5.74) is 0. The predicted molar refractivity (Wildman–Crippen MR) is 47.9 cm³/mol. The molecule has 2 saturated heterocycles. The first-order valence-electron chi connectivity index (χ1n) is 4.62. The zero-order valence-electron chi connectivity index (χ0n) is 7.20. The second-order valence-electron chi connectivity index (χ2n) is 3.80. The monoisotopic (exact) mass is 189 g/mol. The number of likely N-dealkylation sites (tertiary alicyclic amines) is 1. The maximum atomic E-state index is 11.2. The average Bonchev–Trinajstić information content (AvgIpc) is 2.55. The van der Waals surface area contributed by atoms with Crippen molar-refractivity contribution in [1.82, 2.24) is 4.90 Å². The molecule has 0 bridgehead atoms. The van der Waals surface area contributed by atoms with E-state index in [1.165, 1.54) is 12.8 Å². The zero-order chi connectivity index (χ0) is 8.60. The summed E-state index contributed by atoms with van der Waals surface area (Å²) in [5.74, 6) is 0.821. The van der Waals surface area contributed by atoms with Gasteiger partial charge in [-0.3, -0.25) is 4.90 Å². The Hall–Kier alpha value is -0.0900. The SMILES string of the molecule is O=S1(=O)CCC(N2CCCC2)C1. The summed E-state index contributed by atoms with van der Waals surface area (Å²) in [6.45, 7) is 2.22. The van der Waals surface area contributed by atoms with Crippen molar-refractivity contribution in [3.05, 3.63) is 0 Å². The molecule has 3 nitrogen and oxygen atoms in total. The van der Waals surface area contributed by atoms with Crippen molar-refractivity contribution >= 4 is 9.84 Å². The molecule has 2 aliphatic heterocycles. The van der Waals surface area contributed by atoms with Crippen LogP contribution in [0.15, 0.2) is 0 Å². The smallest absolute Gasteiger partial charge is 0.151 e. The van der Waals surface area contributed by atoms with Crippen LogP contribution in [0, 0.1) is 0 Å². The van der Waals surface area contributed by atoms with Gasteiger partial charge in [-0.2, -0.15) is 0 Å². The van der Waals surface area contributed by atoms with Gasteiger partial charge in [0.15, 0.2) is 9.84 Å². The lowest BCUT2D eigenvalue weighted by atomic mass is 10.2. The van der Waals surface area contributed by atoms with Gasteiger partial charge >= 0.3 is 0 Å². The molecule has 0 N–H and O–H groups in total. The van der Waals surface area contributed by atoms with Gasteiger partial charge in [0.2, 0.25) is 0 Å². The summed E-state index contributed by atoms with van der Waals surface area (Å²) in [6.07, 6.45) is 3.36. The fraction of sp³-hybridized carbons (Fsp3) is 1.00. The summed E-state index contributed by atoms with van der Waals surface area (Å²) in [6, 6.07) is 0.345. The van der Waals surface area contributed by atoms with Gasteiger partial charge in [0, 0.05) is 6.04 Å². The van der Waals surface area contributed by atoms with E-state index in [0.29, 0.717) is 17.5 Å². The molecule has 0 aromatic carbocycles. The van der Waals surface area contributed by atoms with E-state index in [1.807, 2.05) is 0 Å². The van der Waals surface area contributed by atoms with E-state index in [2.05, 4.69) is 4.90 Å². The molecular formula is C8H15NO2S. The minimum Gasteiger partial charge on any atom is -0.299 e. The van der Waals surface area contributed by atoms with Crippen LogP contribution in [0.1, 0.15) is 19.3 Å². The molecule has 0 radical (unpaired) electrons. The van der Waals surface area contributed by atoms with Gasteiger partial charge in [0.1, 0.15) is 0 Å². The lowest BCUT2D eigenvalue weighted by Gasteiger charge is -2.21. The summed E-state index contributed by atoms with van der Waals surface area (Å²) in [5, 5.41) is 0. The van der Waals surface area contributed by atoms with Crippen LogP contribution >= 0.6 is 0 Å². The summed E-state index contributed by atoms with van der Waals surface area (Å²) in [7, 11) is -2.67. The molecular weight excluding hydrogens is 174 g/mol. The Balaban J connectivity index is 1.99. The van der Waals surface area contributed by atoms with Crippen molar-refractivity contribution in [2.24, 2.45) is 0 Å². The van der Waals surface area contributed by atoms with Crippen molar-refractivity contribution in [1.29, 1.82) is 0 Å². The maximum absolute atomic E-state index is 11.2. The lowest BCUT2D eigenvalue weighted by Crippen LogP contribution is -2.33. The number of sulfone groups is 1. The van der Waals surface area contributed by atoms with E-state index < -0.39 is 9.84 Å². The molecule has 12 heavy (non-hydrogen) atoms. The van der Waals surface area contributed by atoms with Crippen LogP contribution in [-0.4, -0.2) is 44.0 Å². The molecule has 0 aromatic heterocycles. The third kappa shape index (κ3) is 1.64. The van der Waals surface area contributed by atoms with Gasteiger partial charge in [-0.1, -0.05) is 0 Å². The van der Waals surface area contributed by atoms with Crippen LogP contribution in [-0.2, 0) is 9.84 Å². The fourth-order valence-corrected chi connectivity index (χ4v) is 3.93. The van der Waals surface area contributed by atoms with Crippen LogP contribution < -0.4 is 0 Å². The molecule has 2 rings (SSSR count). The molecule has 70 valence electrons. The number of hydrogen-bond donors (Lipinski definition) is 0. The highest BCUT2D eigenvalue weighted by Gasteiger charge is 2.32. The number of rotatable bonds is 1. The molecule has 0 aliphatic carbocycles. The molecule has 1 unspecified atom stereocenters. The van der Waals surface area contributed by atoms with Crippen molar-refractivity contribution in [2.45, 2.75) is 25.3 Å². The van der Waals surface area contributed by atoms with Crippen molar-refractivity contribution in [3.8, 4) is 0 Å². The molecule has 0 saturated carbocycles. The maximum Gasteiger partial charge on any atom is 0.151 e. The van der Waals surface area contributed by atoms with Crippen LogP contribution in [0.4, 0.5) is 0 Å². The van der Waals surface area contributed by atoms with Crippen molar-refractivity contribution in [3.63, 3.8) is 0 Å². The Morgan fingerprint density at radius 3 is 2.33 bits per heavy atom. The van der Waals surface area contributed by atoms with Crippen molar-refractivity contribution in [2.75, 3.05) is 24.6 Å². The fourth-order valence-electron chi connectivity index (χ4n) is 2.17. The molecule has 0 spiro atoms. The molecule has 2 fully saturated rings. The number of nitrogens with zero attached hydrogens (tertiary/aromatic N) is 1. The second kappa shape index (κ2) is 3.00. The van der Waals surface area contributed by atoms with Crippen LogP contribution in [0.5, 0.6) is 0 Å². The van der Waals surface area contributed by atoms with Gasteiger partial charge in [-0.05, 0) is 32.4 Å². The Bertz CT molecular complexity index is 254. The predicted octanol–water partition coefficient (Wildman–Crippen LogP) is 0.269. The Morgan fingerprint density at radius 1 is 1.17 bits per heavy atom.